The number of aryl methyl sites for hydroxylation is 1. The third-order valence-corrected chi connectivity index (χ3v) is 5.22. The SMILES string of the molecule is CN1CCC(C(=O)NCc2cc(CNC(=O)c3ccc(=O)n(C)c3)ccn2)CC1. The highest BCUT2D eigenvalue weighted by Gasteiger charge is 2.23. The van der Waals surface area contributed by atoms with Crippen molar-refractivity contribution >= 4 is 11.8 Å². The molecule has 0 spiro atoms. The zero-order valence-electron chi connectivity index (χ0n) is 16.9. The Labute approximate surface area is 169 Å². The van der Waals surface area contributed by atoms with Crippen molar-refractivity contribution in [3.8, 4) is 0 Å². The molecule has 1 fully saturated rings. The van der Waals surface area contributed by atoms with E-state index in [1.54, 1.807) is 13.2 Å². The Balaban J connectivity index is 1.51. The number of amides is 2. The van der Waals surface area contributed by atoms with E-state index in [2.05, 4.69) is 27.6 Å². The summed E-state index contributed by atoms with van der Waals surface area (Å²) in [5.74, 6) is -0.113. The number of nitrogens with zero attached hydrogens (tertiary/aromatic N) is 3. The maximum Gasteiger partial charge on any atom is 0.253 e. The van der Waals surface area contributed by atoms with E-state index in [-0.39, 0.29) is 23.3 Å². The molecule has 1 saturated heterocycles. The molecule has 2 amide bonds. The van der Waals surface area contributed by atoms with E-state index in [0.717, 1.165) is 37.2 Å². The molecule has 3 heterocycles. The van der Waals surface area contributed by atoms with E-state index < -0.39 is 0 Å². The monoisotopic (exact) mass is 397 g/mol. The molecule has 0 bridgehead atoms. The van der Waals surface area contributed by atoms with Crippen molar-refractivity contribution in [3.05, 3.63) is 63.8 Å². The van der Waals surface area contributed by atoms with Gasteiger partial charge in [-0.05, 0) is 56.7 Å². The third-order valence-electron chi connectivity index (χ3n) is 5.22. The number of aromatic nitrogens is 2. The molecule has 8 nitrogen and oxygen atoms in total. The molecule has 8 heteroatoms. The molecule has 0 saturated carbocycles. The first-order chi connectivity index (χ1) is 13.9. The highest BCUT2D eigenvalue weighted by Crippen LogP contribution is 2.16. The lowest BCUT2D eigenvalue weighted by Crippen LogP contribution is -2.38. The van der Waals surface area contributed by atoms with E-state index in [9.17, 15) is 14.4 Å². The molecule has 0 atom stereocenters. The predicted octanol–water partition coefficient (Wildman–Crippen LogP) is 0.668. The van der Waals surface area contributed by atoms with Gasteiger partial charge in [-0.2, -0.15) is 0 Å². The summed E-state index contributed by atoms with van der Waals surface area (Å²) in [7, 11) is 3.68. The second kappa shape index (κ2) is 9.47. The Morgan fingerprint density at radius 3 is 2.59 bits per heavy atom. The molecule has 154 valence electrons. The lowest BCUT2D eigenvalue weighted by Gasteiger charge is -2.28. The number of hydrogen-bond donors (Lipinski definition) is 2. The van der Waals surface area contributed by atoms with Gasteiger partial charge in [-0.3, -0.25) is 19.4 Å². The van der Waals surface area contributed by atoms with Gasteiger partial charge in [0, 0.05) is 38.0 Å². The van der Waals surface area contributed by atoms with Crippen LogP contribution in [0.15, 0.2) is 41.5 Å². The fraction of sp³-hybridized carbons (Fsp3) is 0.429. The van der Waals surface area contributed by atoms with Crippen LogP contribution in [0.2, 0.25) is 0 Å². The van der Waals surface area contributed by atoms with Crippen LogP contribution in [0.1, 0.15) is 34.5 Å². The van der Waals surface area contributed by atoms with Crippen LogP contribution in [0.5, 0.6) is 0 Å². The van der Waals surface area contributed by atoms with Gasteiger partial charge in [-0.15, -0.1) is 0 Å². The average molecular weight is 397 g/mol. The second-order valence-electron chi connectivity index (χ2n) is 7.50. The molecule has 0 radical (unpaired) electrons. The van der Waals surface area contributed by atoms with Crippen LogP contribution in [-0.4, -0.2) is 46.4 Å². The summed E-state index contributed by atoms with van der Waals surface area (Å²) in [6.07, 6.45) is 4.94. The number of pyridine rings is 2. The third kappa shape index (κ3) is 5.74. The first-order valence-corrected chi connectivity index (χ1v) is 9.77. The zero-order chi connectivity index (χ0) is 20.8. The Hall–Kier alpha value is -3.00. The molecule has 0 aliphatic carbocycles. The molecule has 0 unspecified atom stereocenters. The topological polar surface area (TPSA) is 96.3 Å². The van der Waals surface area contributed by atoms with Gasteiger partial charge in [0.2, 0.25) is 11.5 Å². The summed E-state index contributed by atoms with van der Waals surface area (Å²) in [5, 5.41) is 5.81. The van der Waals surface area contributed by atoms with Crippen LogP contribution in [0.25, 0.3) is 0 Å². The molecular weight excluding hydrogens is 370 g/mol. The van der Waals surface area contributed by atoms with Crippen LogP contribution in [-0.2, 0) is 24.9 Å². The molecule has 0 aromatic carbocycles. The van der Waals surface area contributed by atoms with Crippen LogP contribution in [0.3, 0.4) is 0 Å². The molecule has 2 aromatic heterocycles. The van der Waals surface area contributed by atoms with Crippen molar-refractivity contribution in [2.75, 3.05) is 20.1 Å². The quantitative estimate of drug-likeness (QED) is 0.747. The van der Waals surface area contributed by atoms with Crippen molar-refractivity contribution in [2.45, 2.75) is 25.9 Å². The molecule has 2 N–H and O–H groups in total. The Kier molecular flexibility index (Phi) is 6.77. The van der Waals surface area contributed by atoms with Gasteiger partial charge in [-0.1, -0.05) is 0 Å². The molecular formula is C21H27N5O3. The van der Waals surface area contributed by atoms with Gasteiger partial charge in [0.25, 0.3) is 5.91 Å². The minimum atomic E-state index is -0.255. The lowest BCUT2D eigenvalue weighted by atomic mass is 9.96. The summed E-state index contributed by atoms with van der Waals surface area (Å²) < 4.78 is 1.37. The van der Waals surface area contributed by atoms with E-state index in [4.69, 9.17) is 0 Å². The smallest absolute Gasteiger partial charge is 0.253 e. The Morgan fingerprint density at radius 2 is 1.86 bits per heavy atom. The first-order valence-electron chi connectivity index (χ1n) is 9.77. The van der Waals surface area contributed by atoms with Gasteiger partial charge in [0.05, 0.1) is 17.8 Å². The van der Waals surface area contributed by atoms with Crippen LogP contribution < -0.4 is 16.2 Å². The average Bonchev–Trinajstić information content (AvgIpc) is 2.73. The predicted molar refractivity (Wildman–Crippen MR) is 109 cm³/mol. The number of carbonyl (C=O) groups is 2. The number of likely N-dealkylation sites (tertiary alicyclic amines) is 1. The Bertz CT molecular complexity index is 932. The van der Waals surface area contributed by atoms with Crippen LogP contribution in [0, 0.1) is 5.92 Å². The van der Waals surface area contributed by atoms with Crippen molar-refractivity contribution in [1.29, 1.82) is 0 Å². The van der Waals surface area contributed by atoms with Gasteiger partial charge in [0.15, 0.2) is 0 Å². The Morgan fingerprint density at radius 1 is 1.10 bits per heavy atom. The highest BCUT2D eigenvalue weighted by atomic mass is 16.2. The molecule has 3 rings (SSSR count). The van der Waals surface area contributed by atoms with Gasteiger partial charge < -0.3 is 20.1 Å². The van der Waals surface area contributed by atoms with Crippen molar-refractivity contribution in [3.63, 3.8) is 0 Å². The summed E-state index contributed by atoms with van der Waals surface area (Å²) in [6, 6.07) is 6.57. The maximum atomic E-state index is 12.3. The van der Waals surface area contributed by atoms with E-state index in [1.807, 2.05) is 12.1 Å². The lowest BCUT2D eigenvalue weighted by molar-refractivity contribution is -0.126. The van der Waals surface area contributed by atoms with Crippen molar-refractivity contribution in [2.24, 2.45) is 13.0 Å². The number of rotatable bonds is 6. The van der Waals surface area contributed by atoms with Crippen molar-refractivity contribution < 1.29 is 9.59 Å². The van der Waals surface area contributed by atoms with Crippen LogP contribution in [0.4, 0.5) is 0 Å². The van der Waals surface area contributed by atoms with Crippen LogP contribution >= 0.6 is 0 Å². The first kappa shape index (κ1) is 20.7. The summed E-state index contributed by atoms with van der Waals surface area (Å²) in [4.78, 5) is 42.6. The standard InChI is InChI=1S/C21H27N5O3/c1-25-9-6-16(7-10-25)20(28)24-13-18-11-15(5-8-22-18)12-23-21(29)17-3-4-19(27)26(2)14-17/h3-5,8,11,14,16H,6-7,9-10,12-13H2,1-2H3,(H,23,29)(H,24,28). The maximum absolute atomic E-state index is 12.3. The number of carbonyl (C=O) groups excluding carboxylic acids is 2. The zero-order valence-corrected chi connectivity index (χ0v) is 16.9. The van der Waals surface area contributed by atoms with E-state index in [0.29, 0.717) is 18.7 Å². The fourth-order valence-corrected chi connectivity index (χ4v) is 3.34. The van der Waals surface area contributed by atoms with Gasteiger partial charge in [-0.25, -0.2) is 0 Å². The number of hydrogen-bond acceptors (Lipinski definition) is 5. The number of piperidine rings is 1. The summed E-state index contributed by atoms with van der Waals surface area (Å²) in [5.41, 5.74) is 1.90. The molecule has 1 aliphatic rings. The van der Waals surface area contributed by atoms with Crippen molar-refractivity contribution in [1.82, 2.24) is 25.1 Å². The van der Waals surface area contributed by atoms with Gasteiger partial charge in [0.1, 0.15) is 0 Å². The highest BCUT2D eigenvalue weighted by molar-refractivity contribution is 5.93. The van der Waals surface area contributed by atoms with E-state index in [1.165, 1.54) is 22.9 Å². The van der Waals surface area contributed by atoms with Gasteiger partial charge >= 0.3 is 0 Å². The van der Waals surface area contributed by atoms with E-state index >= 15 is 0 Å². The second-order valence-corrected chi connectivity index (χ2v) is 7.50. The summed E-state index contributed by atoms with van der Waals surface area (Å²) in [6.45, 7) is 2.59. The minimum absolute atomic E-state index is 0.0653. The molecule has 1 aliphatic heterocycles. The normalized spacial score (nSPS) is 15.1. The molecule has 2 aromatic rings. The minimum Gasteiger partial charge on any atom is -0.350 e. The molecule has 29 heavy (non-hydrogen) atoms. The largest absolute Gasteiger partial charge is 0.350 e. The number of nitrogens with one attached hydrogen (secondary N) is 2. The summed E-state index contributed by atoms with van der Waals surface area (Å²) >= 11 is 0. The fourth-order valence-electron chi connectivity index (χ4n) is 3.34.